The van der Waals surface area contributed by atoms with Gasteiger partial charge in [0.2, 0.25) is 0 Å². The third-order valence-corrected chi connectivity index (χ3v) is 4.02. The second-order valence-electron chi connectivity index (χ2n) is 5.69. The van der Waals surface area contributed by atoms with Crippen molar-refractivity contribution in [2.45, 2.75) is 32.0 Å². The highest BCUT2D eigenvalue weighted by atomic mass is 19.1. The van der Waals surface area contributed by atoms with Crippen LogP contribution in [0.1, 0.15) is 24.2 Å². The van der Waals surface area contributed by atoms with Crippen LogP contribution in [0.3, 0.4) is 0 Å². The maximum atomic E-state index is 14.1. The van der Waals surface area contributed by atoms with Gasteiger partial charge in [-0.1, -0.05) is 6.07 Å². The van der Waals surface area contributed by atoms with Gasteiger partial charge in [-0.2, -0.15) is 0 Å². The van der Waals surface area contributed by atoms with Crippen molar-refractivity contribution in [2.24, 2.45) is 0 Å². The van der Waals surface area contributed by atoms with Gasteiger partial charge in [-0.3, -0.25) is 0 Å². The Morgan fingerprint density at radius 1 is 1.23 bits per heavy atom. The molecule has 1 saturated heterocycles. The molecule has 2 aromatic rings. The second-order valence-corrected chi connectivity index (χ2v) is 5.69. The molecular formula is C17H21FN2O2. The van der Waals surface area contributed by atoms with Crippen molar-refractivity contribution in [1.29, 1.82) is 0 Å². The quantitative estimate of drug-likeness (QED) is 0.891. The van der Waals surface area contributed by atoms with E-state index >= 15 is 0 Å². The Bertz CT molecular complexity index is 593. The Balaban J connectivity index is 1.62. The fraction of sp³-hybridized carbons (Fsp3) is 0.412. The molecule has 0 unspecified atom stereocenters. The van der Waals surface area contributed by atoms with E-state index in [4.69, 9.17) is 4.42 Å². The Morgan fingerprint density at radius 3 is 2.77 bits per heavy atom. The van der Waals surface area contributed by atoms with Crippen LogP contribution in [0.2, 0.25) is 0 Å². The Morgan fingerprint density at radius 2 is 2.05 bits per heavy atom. The predicted octanol–water partition coefficient (Wildman–Crippen LogP) is 2.67. The lowest BCUT2D eigenvalue weighted by atomic mass is 10.1. The predicted molar refractivity (Wildman–Crippen MR) is 83.1 cm³/mol. The molecule has 0 radical (unpaired) electrons. The average Bonchev–Trinajstić information content (AvgIpc) is 3.03. The van der Waals surface area contributed by atoms with Gasteiger partial charge in [0.05, 0.1) is 24.6 Å². The minimum atomic E-state index is -0.252. The van der Waals surface area contributed by atoms with Crippen molar-refractivity contribution in [3.05, 3.63) is 53.7 Å². The van der Waals surface area contributed by atoms with E-state index in [1.54, 1.807) is 12.3 Å². The minimum Gasteiger partial charge on any atom is -0.468 e. The number of piperidine rings is 1. The van der Waals surface area contributed by atoms with E-state index in [2.05, 4.69) is 5.32 Å². The molecule has 22 heavy (non-hydrogen) atoms. The van der Waals surface area contributed by atoms with Gasteiger partial charge in [0.15, 0.2) is 0 Å². The normalized spacial score (nSPS) is 16.2. The number of benzene rings is 1. The molecule has 1 aliphatic rings. The first-order chi connectivity index (χ1) is 10.7. The lowest BCUT2D eigenvalue weighted by molar-refractivity contribution is 0.145. The third kappa shape index (κ3) is 3.67. The SMILES string of the molecule is OC1CCN(c2cc(CNCc3ccco3)ccc2F)CC1. The molecule has 3 rings (SSSR count). The lowest BCUT2D eigenvalue weighted by Crippen LogP contribution is -2.36. The van der Waals surface area contributed by atoms with E-state index in [0.29, 0.717) is 44.7 Å². The van der Waals surface area contributed by atoms with Crippen LogP contribution < -0.4 is 10.2 Å². The van der Waals surface area contributed by atoms with Gasteiger partial charge in [-0.15, -0.1) is 0 Å². The van der Waals surface area contributed by atoms with E-state index in [9.17, 15) is 9.50 Å². The zero-order valence-electron chi connectivity index (χ0n) is 12.5. The zero-order valence-corrected chi connectivity index (χ0v) is 12.5. The first kappa shape index (κ1) is 15.1. The van der Waals surface area contributed by atoms with Crippen molar-refractivity contribution < 1.29 is 13.9 Å². The summed E-state index contributed by atoms with van der Waals surface area (Å²) in [6.45, 7) is 2.70. The number of hydrogen-bond donors (Lipinski definition) is 2. The van der Waals surface area contributed by atoms with Gasteiger partial charge in [0.1, 0.15) is 11.6 Å². The van der Waals surface area contributed by atoms with Crippen molar-refractivity contribution in [2.75, 3.05) is 18.0 Å². The zero-order chi connectivity index (χ0) is 15.4. The molecule has 0 aliphatic carbocycles. The van der Waals surface area contributed by atoms with Crippen LogP contribution >= 0.6 is 0 Å². The first-order valence-corrected chi connectivity index (χ1v) is 7.67. The molecule has 0 saturated carbocycles. The Hall–Kier alpha value is -1.85. The van der Waals surface area contributed by atoms with Gasteiger partial charge < -0.3 is 19.7 Å². The van der Waals surface area contributed by atoms with Gasteiger partial charge in [-0.05, 0) is 42.7 Å². The summed E-state index contributed by atoms with van der Waals surface area (Å²) in [4.78, 5) is 2.01. The van der Waals surface area contributed by atoms with E-state index in [1.807, 2.05) is 23.1 Å². The van der Waals surface area contributed by atoms with Crippen LogP contribution in [-0.4, -0.2) is 24.3 Å². The summed E-state index contributed by atoms with van der Waals surface area (Å²) in [5.74, 6) is 0.679. The van der Waals surface area contributed by atoms with Crippen LogP contribution in [0.4, 0.5) is 10.1 Å². The highest BCUT2D eigenvalue weighted by molar-refractivity contribution is 5.50. The minimum absolute atomic E-state index is 0.203. The maximum absolute atomic E-state index is 14.1. The monoisotopic (exact) mass is 304 g/mol. The van der Waals surface area contributed by atoms with Gasteiger partial charge >= 0.3 is 0 Å². The largest absolute Gasteiger partial charge is 0.468 e. The first-order valence-electron chi connectivity index (χ1n) is 7.67. The van der Waals surface area contributed by atoms with Gasteiger partial charge in [0.25, 0.3) is 0 Å². The average molecular weight is 304 g/mol. The number of hydrogen-bond acceptors (Lipinski definition) is 4. The van der Waals surface area contributed by atoms with E-state index < -0.39 is 0 Å². The molecule has 1 aromatic heterocycles. The standard InChI is InChI=1S/C17H21FN2O2/c18-16-4-3-13(11-19-12-15-2-1-9-22-15)10-17(16)20-7-5-14(21)6-8-20/h1-4,9-10,14,19,21H,5-8,11-12H2. The summed E-state index contributed by atoms with van der Waals surface area (Å²) in [5.41, 5.74) is 1.67. The summed E-state index contributed by atoms with van der Waals surface area (Å²) in [6, 6.07) is 8.99. The molecule has 1 fully saturated rings. The summed E-state index contributed by atoms with van der Waals surface area (Å²) in [6.07, 6.45) is 2.79. The second kappa shape index (κ2) is 6.94. The molecule has 0 spiro atoms. The summed E-state index contributed by atoms with van der Waals surface area (Å²) in [7, 11) is 0. The molecule has 0 atom stereocenters. The fourth-order valence-electron chi connectivity index (χ4n) is 2.76. The molecule has 5 heteroatoms. The molecule has 118 valence electrons. The van der Waals surface area contributed by atoms with Crippen LogP contribution in [0, 0.1) is 5.82 Å². The summed E-state index contributed by atoms with van der Waals surface area (Å²) >= 11 is 0. The summed E-state index contributed by atoms with van der Waals surface area (Å²) < 4.78 is 19.3. The van der Waals surface area contributed by atoms with Crippen LogP contribution in [0.15, 0.2) is 41.0 Å². The number of rotatable bonds is 5. The van der Waals surface area contributed by atoms with Crippen LogP contribution in [-0.2, 0) is 13.1 Å². The highest BCUT2D eigenvalue weighted by Crippen LogP contribution is 2.24. The number of nitrogens with zero attached hydrogens (tertiary/aromatic N) is 1. The Kier molecular flexibility index (Phi) is 4.75. The number of aliphatic hydroxyl groups excluding tert-OH is 1. The van der Waals surface area contributed by atoms with Crippen molar-refractivity contribution >= 4 is 5.69 Å². The fourth-order valence-corrected chi connectivity index (χ4v) is 2.76. The van der Waals surface area contributed by atoms with Crippen LogP contribution in [0.25, 0.3) is 0 Å². The molecule has 0 amide bonds. The van der Waals surface area contributed by atoms with E-state index in [-0.39, 0.29) is 11.9 Å². The summed E-state index contributed by atoms with van der Waals surface area (Å²) in [5, 5.41) is 12.9. The molecule has 4 nitrogen and oxygen atoms in total. The number of nitrogens with one attached hydrogen (secondary N) is 1. The third-order valence-electron chi connectivity index (χ3n) is 4.02. The number of halogens is 1. The topological polar surface area (TPSA) is 48.6 Å². The van der Waals surface area contributed by atoms with E-state index in [1.165, 1.54) is 6.07 Å². The van der Waals surface area contributed by atoms with Gasteiger partial charge in [0, 0.05) is 19.6 Å². The molecule has 0 bridgehead atoms. The highest BCUT2D eigenvalue weighted by Gasteiger charge is 2.19. The molecule has 2 heterocycles. The van der Waals surface area contributed by atoms with Crippen molar-refractivity contribution in [1.82, 2.24) is 5.32 Å². The molecular weight excluding hydrogens is 283 g/mol. The van der Waals surface area contributed by atoms with Crippen molar-refractivity contribution in [3.8, 4) is 0 Å². The smallest absolute Gasteiger partial charge is 0.146 e. The maximum Gasteiger partial charge on any atom is 0.146 e. The molecule has 2 N–H and O–H groups in total. The molecule has 1 aromatic carbocycles. The number of aliphatic hydroxyl groups is 1. The van der Waals surface area contributed by atoms with E-state index in [0.717, 1.165) is 11.3 Å². The molecule has 1 aliphatic heterocycles. The number of furan rings is 1. The van der Waals surface area contributed by atoms with Crippen molar-refractivity contribution in [3.63, 3.8) is 0 Å². The Labute approximate surface area is 129 Å². The van der Waals surface area contributed by atoms with Crippen LogP contribution in [0.5, 0.6) is 0 Å². The lowest BCUT2D eigenvalue weighted by Gasteiger charge is -2.32. The van der Waals surface area contributed by atoms with Gasteiger partial charge in [-0.25, -0.2) is 4.39 Å². The number of anilines is 1.